The van der Waals surface area contributed by atoms with Crippen LogP contribution >= 0.6 is 0 Å². The zero-order valence-electron chi connectivity index (χ0n) is 5.68. The maximum absolute atomic E-state index is 4.94. The Morgan fingerprint density at radius 2 is 2.12 bits per heavy atom. The van der Waals surface area contributed by atoms with Crippen molar-refractivity contribution in [3.63, 3.8) is 0 Å². The first-order valence-corrected chi connectivity index (χ1v) is 2.86. The van der Waals surface area contributed by atoms with Crippen LogP contribution in [0.25, 0.3) is 0 Å². The Kier molecular flexibility index (Phi) is 5.01. The summed E-state index contributed by atoms with van der Waals surface area (Å²) < 4.78 is 9.73. The molecule has 0 fully saturated rings. The Morgan fingerprint density at radius 1 is 1.50 bits per heavy atom. The molecular weight excluding hydrogens is 104 g/mol. The number of hydrogen-bond donors (Lipinski definition) is 0. The van der Waals surface area contributed by atoms with Crippen molar-refractivity contribution in [3.05, 3.63) is 6.79 Å². The highest BCUT2D eigenvalue weighted by Crippen LogP contribution is 1.91. The first-order valence-electron chi connectivity index (χ1n) is 2.86. The molecule has 0 aliphatic carbocycles. The van der Waals surface area contributed by atoms with Gasteiger partial charge in [-0.05, 0) is 20.8 Å². The molecule has 0 spiro atoms. The SMILES string of the molecule is CCO[CH]OC(C)C. The molecule has 0 saturated heterocycles. The van der Waals surface area contributed by atoms with Gasteiger partial charge in [-0.3, -0.25) is 0 Å². The molecule has 0 N–H and O–H groups in total. The maximum Gasteiger partial charge on any atom is 0.209 e. The van der Waals surface area contributed by atoms with Crippen LogP contribution in [0.3, 0.4) is 0 Å². The van der Waals surface area contributed by atoms with E-state index in [1.807, 2.05) is 20.8 Å². The monoisotopic (exact) mass is 117 g/mol. The van der Waals surface area contributed by atoms with Crippen LogP contribution in [0, 0.1) is 6.79 Å². The minimum Gasteiger partial charge on any atom is -0.348 e. The van der Waals surface area contributed by atoms with Crippen LogP contribution in [-0.4, -0.2) is 12.7 Å². The van der Waals surface area contributed by atoms with Crippen molar-refractivity contribution in [1.29, 1.82) is 0 Å². The fourth-order valence-corrected chi connectivity index (χ4v) is 0.218. The summed E-state index contributed by atoms with van der Waals surface area (Å²) in [5, 5.41) is 0. The Balaban J connectivity index is 2.72. The molecular formula is C6H13O2. The summed E-state index contributed by atoms with van der Waals surface area (Å²) in [4.78, 5) is 0. The Hall–Kier alpha value is -0.0800. The standard InChI is InChI=1S/C6H13O2/c1-4-7-5-8-6(2)3/h5-6H,4H2,1-3H3. The molecule has 0 heterocycles. The second kappa shape index (κ2) is 5.06. The largest absolute Gasteiger partial charge is 0.348 e. The summed E-state index contributed by atoms with van der Waals surface area (Å²) in [6.07, 6.45) is 0.224. The second-order valence-electron chi connectivity index (χ2n) is 1.74. The fourth-order valence-electron chi connectivity index (χ4n) is 0.218. The topological polar surface area (TPSA) is 18.5 Å². The van der Waals surface area contributed by atoms with E-state index in [2.05, 4.69) is 0 Å². The molecule has 0 atom stereocenters. The van der Waals surface area contributed by atoms with Crippen molar-refractivity contribution in [2.24, 2.45) is 0 Å². The minimum atomic E-state index is 0.224. The molecule has 0 aliphatic rings. The third-order valence-corrected chi connectivity index (χ3v) is 0.562. The van der Waals surface area contributed by atoms with E-state index in [1.165, 1.54) is 6.79 Å². The van der Waals surface area contributed by atoms with Crippen LogP contribution in [0.5, 0.6) is 0 Å². The molecule has 0 amide bonds. The van der Waals surface area contributed by atoms with E-state index in [0.29, 0.717) is 6.61 Å². The van der Waals surface area contributed by atoms with Crippen LogP contribution in [0.15, 0.2) is 0 Å². The molecule has 0 aromatic carbocycles. The summed E-state index contributed by atoms with van der Waals surface area (Å²) in [5.41, 5.74) is 0. The van der Waals surface area contributed by atoms with Gasteiger partial charge in [-0.1, -0.05) is 0 Å². The predicted octanol–water partition coefficient (Wildman–Crippen LogP) is 1.57. The van der Waals surface area contributed by atoms with Crippen LogP contribution < -0.4 is 0 Å². The van der Waals surface area contributed by atoms with E-state index in [9.17, 15) is 0 Å². The zero-order valence-corrected chi connectivity index (χ0v) is 5.68. The minimum absolute atomic E-state index is 0.224. The highest BCUT2D eigenvalue weighted by atomic mass is 16.7. The van der Waals surface area contributed by atoms with Crippen LogP contribution in [-0.2, 0) is 9.47 Å². The van der Waals surface area contributed by atoms with Crippen molar-refractivity contribution in [2.45, 2.75) is 26.9 Å². The lowest BCUT2D eigenvalue weighted by molar-refractivity contribution is -0.00331. The van der Waals surface area contributed by atoms with Crippen molar-refractivity contribution < 1.29 is 9.47 Å². The maximum atomic E-state index is 4.94. The van der Waals surface area contributed by atoms with E-state index in [1.54, 1.807) is 0 Å². The lowest BCUT2D eigenvalue weighted by Crippen LogP contribution is -2.01. The van der Waals surface area contributed by atoms with Gasteiger partial charge in [0, 0.05) is 6.61 Å². The van der Waals surface area contributed by atoms with E-state index >= 15 is 0 Å². The first-order chi connectivity index (χ1) is 3.77. The quantitative estimate of drug-likeness (QED) is 0.520. The van der Waals surface area contributed by atoms with Gasteiger partial charge >= 0.3 is 0 Å². The molecule has 0 rings (SSSR count). The van der Waals surface area contributed by atoms with Gasteiger partial charge in [0.05, 0.1) is 6.10 Å². The molecule has 0 aromatic rings. The lowest BCUT2D eigenvalue weighted by Gasteiger charge is -2.03. The molecule has 49 valence electrons. The van der Waals surface area contributed by atoms with Crippen molar-refractivity contribution >= 4 is 0 Å². The number of hydrogen-bond acceptors (Lipinski definition) is 2. The highest BCUT2D eigenvalue weighted by molar-refractivity contribution is 4.36. The van der Waals surface area contributed by atoms with Gasteiger partial charge in [0.2, 0.25) is 6.79 Å². The van der Waals surface area contributed by atoms with Gasteiger partial charge in [-0.2, -0.15) is 0 Å². The summed E-state index contributed by atoms with van der Waals surface area (Å²) in [6.45, 7) is 7.88. The van der Waals surface area contributed by atoms with E-state index < -0.39 is 0 Å². The molecule has 0 bridgehead atoms. The van der Waals surface area contributed by atoms with Gasteiger partial charge in [-0.25, -0.2) is 0 Å². The Morgan fingerprint density at radius 3 is 2.50 bits per heavy atom. The van der Waals surface area contributed by atoms with Gasteiger partial charge in [0.25, 0.3) is 0 Å². The van der Waals surface area contributed by atoms with E-state index in [0.717, 1.165) is 0 Å². The van der Waals surface area contributed by atoms with Crippen molar-refractivity contribution in [2.75, 3.05) is 6.61 Å². The molecule has 2 nitrogen and oxygen atoms in total. The molecule has 0 aromatic heterocycles. The van der Waals surface area contributed by atoms with Gasteiger partial charge < -0.3 is 9.47 Å². The fraction of sp³-hybridized carbons (Fsp3) is 0.833. The van der Waals surface area contributed by atoms with E-state index in [4.69, 9.17) is 9.47 Å². The number of rotatable bonds is 4. The first kappa shape index (κ1) is 7.92. The summed E-state index contributed by atoms with van der Waals surface area (Å²) in [6, 6.07) is 0. The zero-order chi connectivity index (χ0) is 6.41. The highest BCUT2D eigenvalue weighted by Gasteiger charge is 1.90. The molecule has 2 heteroatoms. The van der Waals surface area contributed by atoms with Gasteiger partial charge in [0.15, 0.2) is 0 Å². The van der Waals surface area contributed by atoms with Crippen LogP contribution in [0.4, 0.5) is 0 Å². The summed E-state index contributed by atoms with van der Waals surface area (Å²) in [7, 11) is 0. The average molecular weight is 117 g/mol. The van der Waals surface area contributed by atoms with Crippen molar-refractivity contribution in [1.82, 2.24) is 0 Å². The van der Waals surface area contributed by atoms with Gasteiger partial charge in [0.1, 0.15) is 0 Å². The number of ether oxygens (including phenoxy) is 2. The normalized spacial score (nSPS) is 10.5. The lowest BCUT2D eigenvalue weighted by atomic mass is 10.5. The van der Waals surface area contributed by atoms with Crippen molar-refractivity contribution in [3.8, 4) is 0 Å². The summed E-state index contributed by atoms with van der Waals surface area (Å²) in [5.74, 6) is 0. The second-order valence-corrected chi connectivity index (χ2v) is 1.74. The van der Waals surface area contributed by atoms with Crippen LogP contribution in [0.1, 0.15) is 20.8 Å². The third kappa shape index (κ3) is 5.92. The van der Waals surface area contributed by atoms with E-state index in [-0.39, 0.29) is 6.10 Å². The Labute approximate surface area is 50.8 Å². The molecule has 0 aliphatic heterocycles. The molecule has 0 unspecified atom stereocenters. The third-order valence-electron chi connectivity index (χ3n) is 0.562. The molecule has 0 saturated carbocycles. The Bertz CT molecular complexity index is 43.8. The molecule has 8 heavy (non-hydrogen) atoms. The van der Waals surface area contributed by atoms with Crippen LogP contribution in [0.2, 0.25) is 0 Å². The molecule has 1 radical (unpaired) electrons. The summed E-state index contributed by atoms with van der Waals surface area (Å²) >= 11 is 0. The average Bonchev–Trinajstić information content (AvgIpc) is 1.66. The predicted molar refractivity (Wildman–Crippen MR) is 32.1 cm³/mol. The van der Waals surface area contributed by atoms with Gasteiger partial charge in [-0.15, -0.1) is 0 Å². The smallest absolute Gasteiger partial charge is 0.209 e.